The third kappa shape index (κ3) is 3.97. The molecule has 1 aromatic heterocycles. The van der Waals surface area contributed by atoms with Gasteiger partial charge in [-0.3, -0.25) is 14.4 Å². The maximum atomic E-state index is 14.6. The van der Waals surface area contributed by atoms with Crippen LogP contribution in [0.3, 0.4) is 0 Å². The van der Waals surface area contributed by atoms with E-state index in [0.717, 1.165) is 5.52 Å². The van der Waals surface area contributed by atoms with Crippen LogP contribution >= 0.6 is 0 Å². The molecule has 0 radical (unpaired) electrons. The summed E-state index contributed by atoms with van der Waals surface area (Å²) in [6.45, 7) is 11.3. The summed E-state index contributed by atoms with van der Waals surface area (Å²) in [5.41, 5.74) is -0.983. The molecule has 3 saturated heterocycles. The SMILES string of the molecule is C=CCN(Cn1nnc2ccccc21)C(=O)C1N([C@@H](CO)CC(C)C)C(=O)[C@@H]2[C@H](C(=O)O)[C@@]3(C)OC12CC3C. The van der Waals surface area contributed by atoms with Gasteiger partial charge in [-0.25, -0.2) is 4.68 Å². The Bertz CT molecular complexity index is 1310. The largest absolute Gasteiger partial charge is 0.481 e. The predicted octanol–water partition coefficient (Wildman–Crippen LogP) is 1.91. The fraction of sp³-hybridized carbons (Fsp3) is 0.607. The Balaban J connectivity index is 1.61. The van der Waals surface area contributed by atoms with Crippen LogP contribution in [0.25, 0.3) is 11.0 Å². The number of carboxylic acid groups (broad SMARTS) is 1. The molecule has 2 amide bonds. The van der Waals surface area contributed by atoms with E-state index in [0.29, 0.717) is 18.4 Å². The molecule has 2 aromatic rings. The lowest BCUT2D eigenvalue weighted by molar-refractivity contribution is -0.161. The van der Waals surface area contributed by atoms with Crippen LogP contribution in [-0.4, -0.2) is 89.2 Å². The van der Waals surface area contributed by atoms with Crippen molar-refractivity contribution in [3.8, 4) is 0 Å². The molecule has 4 heterocycles. The van der Waals surface area contributed by atoms with Crippen molar-refractivity contribution in [2.75, 3.05) is 13.2 Å². The van der Waals surface area contributed by atoms with Crippen molar-refractivity contribution in [2.45, 2.75) is 70.5 Å². The number of fused-ring (bicyclic) bond motifs is 2. The van der Waals surface area contributed by atoms with Crippen molar-refractivity contribution in [1.29, 1.82) is 0 Å². The van der Waals surface area contributed by atoms with Gasteiger partial charge in [-0.2, -0.15) is 0 Å². The van der Waals surface area contributed by atoms with Gasteiger partial charge in [-0.15, -0.1) is 11.7 Å². The van der Waals surface area contributed by atoms with Gasteiger partial charge in [0, 0.05) is 6.54 Å². The van der Waals surface area contributed by atoms with E-state index in [1.807, 2.05) is 45.0 Å². The lowest BCUT2D eigenvalue weighted by Crippen LogP contribution is -2.59. The van der Waals surface area contributed by atoms with Crippen LogP contribution in [0.15, 0.2) is 36.9 Å². The summed E-state index contributed by atoms with van der Waals surface area (Å²) < 4.78 is 8.20. The number of nitrogens with zero attached hydrogens (tertiary/aromatic N) is 5. The lowest BCUT2D eigenvalue weighted by Gasteiger charge is -2.39. The zero-order valence-corrected chi connectivity index (χ0v) is 22.9. The third-order valence-electron chi connectivity index (χ3n) is 8.99. The number of amides is 2. The first-order chi connectivity index (χ1) is 18.5. The zero-order chi connectivity index (χ0) is 28.3. The fourth-order valence-electron chi connectivity index (χ4n) is 7.28. The van der Waals surface area contributed by atoms with Crippen molar-refractivity contribution in [3.05, 3.63) is 36.9 Å². The number of hydrogen-bond donors (Lipinski definition) is 2. The molecule has 1 aromatic carbocycles. The topological polar surface area (TPSA) is 138 Å². The molecule has 39 heavy (non-hydrogen) atoms. The van der Waals surface area contributed by atoms with Gasteiger partial charge in [0.05, 0.1) is 29.7 Å². The van der Waals surface area contributed by atoms with Crippen LogP contribution in [0.5, 0.6) is 0 Å². The molecule has 1 spiro atoms. The number of benzene rings is 1. The van der Waals surface area contributed by atoms with Gasteiger partial charge in [0.25, 0.3) is 0 Å². The maximum Gasteiger partial charge on any atom is 0.310 e. The van der Waals surface area contributed by atoms with Crippen LogP contribution in [0.2, 0.25) is 0 Å². The van der Waals surface area contributed by atoms with Crippen LogP contribution < -0.4 is 0 Å². The van der Waals surface area contributed by atoms with E-state index in [-0.39, 0.29) is 31.7 Å². The van der Waals surface area contributed by atoms with E-state index in [9.17, 15) is 24.6 Å². The third-order valence-corrected chi connectivity index (χ3v) is 8.99. The average Bonchev–Trinajstić information content (AvgIpc) is 3.55. The van der Waals surface area contributed by atoms with Gasteiger partial charge in [-0.1, -0.05) is 44.2 Å². The van der Waals surface area contributed by atoms with Gasteiger partial charge in [0.15, 0.2) is 0 Å². The molecule has 3 fully saturated rings. The van der Waals surface area contributed by atoms with E-state index in [2.05, 4.69) is 16.9 Å². The molecule has 0 aliphatic carbocycles. The smallest absolute Gasteiger partial charge is 0.310 e. The molecule has 3 aliphatic rings. The summed E-state index contributed by atoms with van der Waals surface area (Å²) in [5.74, 6) is -4.14. The first-order valence-electron chi connectivity index (χ1n) is 13.5. The maximum absolute atomic E-state index is 14.6. The highest BCUT2D eigenvalue weighted by Gasteiger charge is 2.80. The lowest BCUT2D eigenvalue weighted by atomic mass is 9.62. The number of aliphatic carboxylic acids is 1. The number of ether oxygens (including phenoxy) is 1. The summed E-state index contributed by atoms with van der Waals surface area (Å²) in [6, 6.07) is 5.64. The molecular formula is C28H37N5O6. The summed E-state index contributed by atoms with van der Waals surface area (Å²) in [6.07, 6.45) is 2.42. The Labute approximate surface area is 227 Å². The number of hydrogen-bond acceptors (Lipinski definition) is 7. The molecular weight excluding hydrogens is 502 g/mol. The molecule has 210 valence electrons. The number of likely N-dealkylation sites (tertiary alicyclic amines) is 1. The van der Waals surface area contributed by atoms with E-state index in [1.54, 1.807) is 17.7 Å². The number of carbonyl (C=O) groups excluding carboxylic acids is 2. The highest BCUT2D eigenvalue weighted by atomic mass is 16.5. The highest BCUT2D eigenvalue weighted by Crippen LogP contribution is 2.65. The Morgan fingerprint density at radius 1 is 1.33 bits per heavy atom. The van der Waals surface area contributed by atoms with E-state index in [1.165, 1.54) is 9.80 Å². The molecule has 3 unspecified atom stereocenters. The number of carbonyl (C=O) groups is 3. The minimum atomic E-state index is -1.32. The molecule has 2 bridgehead atoms. The first-order valence-corrected chi connectivity index (χ1v) is 13.5. The standard InChI is InChI=1S/C28H37N5O6/c1-6-11-31(15-32-20-10-8-7-9-19(20)29-30-32)25(36)23-28-13-17(4)27(5,39-28)22(26(37)38)21(28)24(35)33(23)18(14-34)12-16(2)3/h6-10,16-18,21-23,34H,1,11-15H2,2-5H3,(H,37,38)/t17?,18-,21+,22-,23?,27+,28?/m1/s1. The molecule has 5 rings (SSSR count). The number of aliphatic hydroxyl groups excluding tert-OH is 1. The quantitative estimate of drug-likeness (QED) is 0.437. The number of para-hydroxylation sites is 1. The molecule has 2 N–H and O–H groups in total. The van der Waals surface area contributed by atoms with Crippen LogP contribution in [-0.2, 0) is 25.8 Å². The Hall–Kier alpha value is -3.31. The van der Waals surface area contributed by atoms with Crippen molar-refractivity contribution in [2.24, 2.45) is 23.7 Å². The molecule has 11 nitrogen and oxygen atoms in total. The average molecular weight is 540 g/mol. The molecule has 11 heteroatoms. The van der Waals surface area contributed by atoms with Gasteiger partial charge >= 0.3 is 5.97 Å². The monoisotopic (exact) mass is 539 g/mol. The predicted molar refractivity (Wildman–Crippen MR) is 141 cm³/mol. The molecule has 7 atom stereocenters. The minimum Gasteiger partial charge on any atom is -0.481 e. The van der Waals surface area contributed by atoms with Gasteiger partial charge in [0.1, 0.15) is 29.7 Å². The van der Waals surface area contributed by atoms with Gasteiger partial charge < -0.3 is 24.7 Å². The number of aliphatic hydroxyl groups is 1. The van der Waals surface area contributed by atoms with Crippen molar-refractivity contribution < 1.29 is 29.3 Å². The summed E-state index contributed by atoms with van der Waals surface area (Å²) >= 11 is 0. The highest BCUT2D eigenvalue weighted by molar-refractivity contribution is 5.98. The second-order valence-corrected chi connectivity index (χ2v) is 11.8. The van der Waals surface area contributed by atoms with Crippen LogP contribution in [0.4, 0.5) is 0 Å². The summed E-state index contributed by atoms with van der Waals surface area (Å²) in [4.78, 5) is 44.3. The second kappa shape index (κ2) is 9.71. The summed E-state index contributed by atoms with van der Waals surface area (Å²) in [5, 5.41) is 29.1. The number of aromatic nitrogens is 3. The summed E-state index contributed by atoms with van der Waals surface area (Å²) in [7, 11) is 0. The van der Waals surface area contributed by atoms with Crippen molar-refractivity contribution in [3.63, 3.8) is 0 Å². The number of carboxylic acids is 1. The Kier molecular flexibility index (Phi) is 6.79. The van der Waals surface area contributed by atoms with Crippen LogP contribution in [0, 0.1) is 23.7 Å². The van der Waals surface area contributed by atoms with E-state index >= 15 is 0 Å². The Morgan fingerprint density at radius 2 is 2.05 bits per heavy atom. The second-order valence-electron chi connectivity index (χ2n) is 11.8. The normalized spacial score (nSPS) is 32.2. The van der Waals surface area contributed by atoms with Gasteiger partial charge in [0.2, 0.25) is 11.8 Å². The van der Waals surface area contributed by atoms with Gasteiger partial charge in [-0.05, 0) is 43.7 Å². The molecule has 0 saturated carbocycles. The Morgan fingerprint density at radius 3 is 2.69 bits per heavy atom. The van der Waals surface area contributed by atoms with Crippen molar-refractivity contribution >= 4 is 28.8 Å². The number of rotatable bonds is 10. The fourth-order valence-corrected chi connectivity index (χ4v) is 7.28. The van der Waals surface area contributed by atoms with Crippen molar-refractivity contribution in [1.82, 2.24) is 24.8 Å². The van der Waals surface area contributed by atoms with Crippen LogP contribution in [0.1, 0.15) is 40.5 Å². The van der Waals surface area contributed by atoms with E-state index < -0.39 is 52.9 Å². The zero-order valence-electron chi connectivity index (χ0n) is 22.9. The molecule has 3 aliphatic heterocycles. The minimum absolute atomic E-state index is 0.0494. The van der Waals surface area contributed by atoms with E-state index in [4.69, 9.17) is 4.74 Å². The first kappa shape index (κ1) is 27.3.